The lowest BCUT2D eigenvalue weighted by atomic mass is 9.95. The van der Waals surface area contributed by atoms with Gasteiger partial charge in [0.1, 0.15) is 0 Å². The minimum Gasteiger partial charge on any atom is -0.478 e. The molecule has 0 fully saturated rings. The first kappa shape index (κ1) is 14.7. The molecule has 0 aromatic heterocycles. The second kappa shape index (κ2) is 7.17. The van der Waals surface area contributed by atoms with Gasteiger partial charge in [-0.25, -0.2) is 4.79 Å². The Bertz CT molecular complexity index is 386. The summed E-state index contributed by atoms with van der Waals surface area (Å²) < 4.78 is 0. The molecule has 1 rings (SSSR count). The second-order valence-corrected chi connectivity index (χ2v) is 4.71. The van der Waals surface area contributed by atoms with E-state index in [2.05, 4.69) is 26.1 Å². The Balaban J connectivity index is 2.66. The van der Waals surface area contributed by atoms with E-state index in [9.17, 15) is 4.79 Å². The highest BCUT2D eigenvalue weighted by Crippen LogP contribution is 2.14. The molecule has 0 aliphatic carbocycles. The molecular formula is C15H23NO2. The Morgan fingerprint density at radius 2 is 1.89 bits per heavy atom. The van der Waals surface area contributed by atoms with Crippen molar-refractivity contribution in [1.29, 1.82) is 0 Å². The van der Waals surface area contributed by atoms with Crippen molar-refractivity contribution in [2.75, 3.05) is 0 Å². The van der Waals surface area contributed by atoms with Crippen LogP contribution < -0.4 is 5.32 Å². The highest BCUT2D eigenvalue weighted by atomic mass is 16.4. The molecular weight excluding hydrogens is 226 g/mol. The molecule has 3 nitrogen and oxygen atoms in total. The van der Waals surface area contributed by atoms with Gasteiger partial charge in [0, 0.05) is 12.6 Å². The predicted molar refractivity (Wildman–Crippen MR) is 73.8 cm³/mol. The van der Waals surface area contributed by atoms with Crippen LogP contribution in [0.5, 0.6) is 0 Å². The fourth-order valence-corrected chi connectivity index (χ4v) is 2.32. The molecule has 1 aromatic carbocycles. The van der Waals surface area contributed by atoms with Crippen LogP contribution in [0.4, 0.5) is 0 Å². The van der Waals surface area contributed by atoms with Crippen molar-refractivity contribution in [3.63, 3.8) is 0 Å². The minimum atomic E-state index is -0.859. The third-order valence-corrected chi connectivity index (χ3v) is 3.62. The second-order valence-electron chi connectivity index (χ2n) is 4.71. The largest absolute Gasteiger partial charge is 0.478 e. The number of carboxylic acids is 1. The summed E-state index contributed by atoms with van der Waals surface area (Å²) in [4.78, 5) is 11.1. The normalized spacial score (nSPS) is 12.7. The van der Waals surface area contributed by atoms with E-state index in [1.165, 1.54) is 0 Å². The molecule has 18 heavy (non-hydrogen) atoms. The molecule has 0 aliphatic rings. The van der Waals surface area contributed by atoms with Crippen LogP contribution in [0.25, 0.3) is 0 Å². The summed E-state index contributed by atoms with van der Waals surface area (Å²) in [5.41, 5.74) is 1.24. The van der Waals surface area contributed by atoms with E-state index in [0.29, 0.717) is 24.1 Å². The summed E-state index contributed by atoms with van der Waals surface area (Å²) in [5.74, 6) is -0.218. The number of carbonyl (C=O) groups is 1. The van der Waals surface area contributed by atoms with Gasteiger partial charge in [-0.1, -0.05) is 44.9 Å². The van der Waals surface area contributed by atoms with Gasteiger partial charge in [0.2, 0.25) is 0 Å². The topological polar surface area (TPSA) is 49.3 Å². The van der Waals surface area contributed by atoms with Gasteiger partial charge in [-0.15, -0.1) is 0 Å². The van der Waals surface area contributed by atoms with Crippen LogP contribution in [-0.4, -0.2) is 17.1 Å². The molecule has 0 aliphatic heterocycles. The number of hydrogen-bond donors (Lipinski definition) is 2. The summed E-state index contributed by atoms with van der Waals surface area (Å²) in [6, 6.07) is 7.57. The first-order chi connectivity index (χ1) is 8.60. The molecule has 0 spiro atoms. The van der Waals surface area contributed by atoms with Crippen LogP contribution in [0.1, 0.15) is 49.5 Å². The Hall–Kier alpha value is -1.35. The lowest BCUT2D eigenvalue weighted by Crippen LogP contribution is -2.33. The minimum absolute atomic E-state index is 0.391. The van der Waals surface area contributed by atoms with Crippen LogP contribution >= 0.6 is 0 Å². The van der Waals surface area contributed by atoms with Crippen molar-refractivity contribution in [3.8, 4) is 0 Å². The summed E-state index contributed by atoms with van der Waals surface area (Å²) >= 11 is 0. The zero-order valence-electron chi connectivity index (χ0n) is 11.4. The van der Waals surface area contributed by atoms with Gasteiger partial charge in [-0.05, 0) is 24.5 Å². The van der Waals surface area contributed by atoms with Gasteiger partial charge < -0.3 is 10.4 Å². The van der Waals surface area contributed by atoms with E-state index in [0.717, 1.165) is 18.4 Å². The Kier molecular flexibility index (Phi) is 5.86. The molecule has 0 heterocycles. The number of rotatable bonds is 7. The van der Waals surface area contributed by atoms with Crippen molar-refractivity contribution in [2.24, 2.45) is 5.92 Å². The SMILES string of the molecule is CCC(CC)C(C)NCc1ccccc1C(=O)O. The van der Waals surface area contributed by atoms with Gasteiger partial charge in [0.25, 0.3) is 0 Å². The van der Waals surface area contributed by atoms with Crippen LogP contribution in [0.15, 0.2) is 24.3 Å². The highest BCUT2D eigenvalue weighted by Gasteiger charge is 2.14. The van der Waals surface area contributed by atoms with Crippen molar-refractivity contribution in [3.05, 3.63) is 35.4 Å². The number of carboxylic acid groups (broad SMARTS) is 1. The molecule has 0 saturated carbocycles. The molecule has 2 N–H and O–H groups in total. The number of aromatic carboxylic acids is 1. The summed E-state index contributed by atoms with van der Waals surface area (Å²) in [5, 5.41) is 12.5. The van der Waals surface area contributed by atoms with E-state index in [-0.39, 0.29) is 0 Å². The smallest absolute Gasteiger partial charge is 0.336 e. The summed E-state index contributed by atoms with van der Waals surface area (Å²) in [6.07, 6.45) is 2.29. The zero-order chi connectivity index (χ0) is 13.5. The molecule has 1 unspecified atom stereocenters. The molecule has 1 atom stereocenters. The average molecular weight is 249 g/mol. The van der Waals surface area contributed by atoms with Crippen molar-refractivity contribution >= 4 is 5.97 Å². The van der Waals surface area contributed by atoms with Gasteiger partial charge >= 0.3 is 5.97 Å². The van der Waals surface area contributed by atoms with Crippen LogP contribution in [-0.2, 0) is 6.54 Å². The van der Waals surface area contributed by atoms with Crippen molar-refractivity contribution < 1.29 is 9.90 Å². The molecule has 3 heteroatoms. The third-order valence-electron chi connectivity index (χ3n) is 3.62. The monoisotopic (exact) mass is 249 g/mol. The molecule has 0 saturated heterocycles. The fourth-order valence-electron chi connectivity index (χ4n) is 2.32. The molecule has 0 bridgehead atoms. The first-order valence-electron chi connectivity index (χ1n) is 6.64. The Morgan fingerprint density at radius 1 is 1.28 bits per heavy atom. The Morgan fingerprint density at radius 3 is 2.44 bits per heavy atom. The molecule has 0 radical (unpaired) electrons. The van der Waals surface area contributed by atoms with E-state index < -0.39 is 5.97 Å². The highest BCUT2D eigenvalue weighted by molar-refractivity contribution is 5.89. The summed E-state index contributed by atoms with van der Waals surface area (Å²) in [6.45, 7) is 7.16. The maximum absolute atomic E-state index is 11.1. The van der Waals surface area contributed by atoms with Crippen molar-refractivity contribution in [1.82, 2.24) is 5.32 Å². The quantitative estimate of drug-likeness (QED) is 0.779. The van der Waals surface area contributed by atoms with E-state index >= 15 is 0 Å². The lowest BCUT2D eigenvalue weighted by Gasteiger charge is -2.23. The van der Waals surface area contributed by atoms with Crippen LogP contribution in [0.2, 0.25) is 0 Å². The van der Waals surface area contributed by atoms with Crippen molar-refractivity contribution in [2.45, 2.75) is 46.2 Å². The standard InChI is InChI=1S/C15H23NO2/c1-4-12(5-2)11(3)16-10-13-8-6-7-9-14(13)15(17)18/h6-9,11-12,16H,4-5,10H2,1-3H3,(H,17,18). The van der Waals surface area contributed by atoms with E-state index in [1.807, 2.05) is 12.1 Å². The van der Waals surface area contributed by atoms with Gasteiger partial charge in [-0.3, -0.25) is 0 Å². The van der Waals surface area contributed by atoms with Crippen LogP contribution in [0, 0.1) is 5.92 Å². The average Bonchev–Trinajstić information content (AvgIpc) is 2.38. The molecule has 0 amide bonds. The number of benzene rings is 1. The van der Waals surface area contributed by atoms with Crippen LogP contribution in [0.3, 0.4) is 0 Å². The zero-order valence-corrected chi connectivity index (χ0v) is 11.4. The Labute approximate surface area is 109 Å². The van der Waals surface area contributed by atoms with E-state index in [4.69, 9.17) is 5.11 Å². The first-order valence-corrected chi connectivity index (χ1v) is 6.64. The molecule has 1 aromatic rings. The maximum Gasteiger partial charge on any atom is 0.336 e. The van der Waals surface area contributed by atoms with Gasteiger partial charge in [0.05, 0.1) is 5.56 Å². The van der Waals surface area contributed by atoms with E-state index in [1.54, 1.807) is 12.1 Å². The predicted octanol–water partition coefficient (Wildman–Crippen LogP) is 3.30. The fraction of sp³-hybridized carbons (Fsp3) is 0.533. The number of hydrogen-bond acceptors (Lipinski definition) is 2. The summed E-state index contributed by atoms with van der Waals surface area (Å²) in [7, 11) is 0. The van der Waals surface area contributed by atoms with Gasteiger partial charge in [0.15, 0.2) is 0 Å². The number of nitrogens with one attached hydrogen (secondary N) is 1. The maximum atomic E-state index is 11.1. The lowest BCUT2D eigenvalue weighted by molar-refractivity contribution is 0.0695. The third kappa shape index (κ3) is 3.84. The van der Waals surface area contributed by atoms with Gasteiger partial charge in [-0.2, -0.15) is 0 Å². The molecule has 100 valence electrons.